The molecular formula is C14H19NOS. The quantitative estimate of drug-likeness (QED) is 0.834. The minimum Gasteiger partial charge on any atom is -0.311 e. The molecule has 1 aromatic heterocycles. The molecule has 2 unspecified atom stereocenters. The van der Waals surface area contributed by atoms with Gasteiger partial charge >= 0.3 is 0 Å². The molecule has 0 saturated carbocycles. The van der Waals surface area contributed by atoms with Crippen molar-refractivity contribution in [1.29, 1.82) is 0 Å². The van der Waals surface area contributed by atoms with Gasteiger partial charge in [0, 0.05) is 23.4 Å². The number of carbonyl (C=O) groups is 1. The maximum Gasteiger partial charge on any atom is 0.173 e. The van der Waals surface area contributed by atoms with Gasteiger partial charge in [-0.25, -0.2) is 0 Å². The molecule has 2 nitrogen and oxygen atoms in total. The average Bonchev–Trinajstić information content (AvgIpc) is 2.85. The highest BCUT2D eigenvalue weighted by Gasteiger charge is 2.34. The SMILES string of the molecule is Cc1ccc(C(=O)CC2CC3CCC(C2)N3)s1. The monoisotopic (exact) mass is 249 g/mol. The average molecular weight is 249 g/mol. The Morgan fingerprint density at radius 2 is 2.06 bits per heavy atom. The molecule has 2 fully saturated rings. The lowest BCUT2D eigenvalue weighted by Crippen LogP contribution is -2.38. The summed E-state index contributed by atoms with van der Waals surface area (Å²) < 4.78 is 0. The Kier molecular flexibility index (Phi) is 3.05. The first-order valence-electron chi connectivity index (χ1n) is 6.56. The van der Waals surface area contributed by atoms with E-state index in [1.165, 1.54) is 30.6 Å². The Hall–Kier alpha value is -0.670. The van der Waals surface area contributed by atoms with Gasteiger partial charge in [-0.3, -0.25) is 4.79 Å². The molecule has 3 heterocycles. The number of hydrogen-bond acceptors (Lipinski definition) is 3. The van der Waals surface area contributed by atoms with Crippen LogP contribution in [-0.2, 0) is 0 Å². The molecule has 3 rings (SSSR count). The zero-order chi connectivity index (χ0) is 11.8. The van der Waals surface area contributed by atoms with E-state index in [0.717, 1.165) is 11.3 Å². The lowest BCUT2D eigenvalue weighted by molar-refractivity contribution is 0.0949. The third-order valence-corrected chi connectivity index (χ3v) is 5.10. The maximum absolute atomic E-state index is 12.1. The molecule has 17 heavy (non-hydrogen) atoms. The summed E-state index contributed by atoms with van der Waals surface area (Å²) in [6.45, 7) is 2.06. The van der Waals surface area contributed by atoms with Gasteiger partial charge in [0.05, 0.1) is 4.88 Å². The summed E-state index contributed by atoms with van der Waals surface area (Å²) in [5.41, 5.74) is 0. The first-order valence-corrected chi connectivity index (χ1v) is 7.38. The van der Waals surface area contributed by atoms with Crippen LogP contribution in [-0.4, -0.2) is 17.9 Å². The molecule has 2 aliphatic rings. The van der Waals surface area contributed by atoms with Gasteiger partial charge in [-0.15, -0.1) is 11.3 Å². The Labute approximate surface area is 106 Å². The third-order valence-electron chi connectivity index (χ3n) is 4.06. The number of piperidine rings is 1. The van der Waals surface area contributed by atoms with Crippen LogP contribution in [0.5, 0.6) is 0 Å². The van der Waals surface area contributed by atoms with Crippen molar-refractivity contribution in [3.8, 4) is 0 Å². The second kappa shape index (κ2) is 4.54. The predicted octanol–water partition coefficient (Wildman–Crippen LogP) is 3.16. The van der Waals surface area contributed by atoms with Crippen molar-refractivity contribution in [1.82, 2.24) is 5.32 Å². The van der Waals surface area contributed by atoms with Crippen molar-refractivity contribution in [2.24, 2.45) is 5.92 Å². The molecule has 1 aromatic rings. The molecule has 3 heteroatoms. The van der Waals surface area contributed by atoms with Gasteiger partial charge in [0.1, 0.15) is 0 Å². The molecule has 2 bridgehead atoms. The van der Waals surface area contributed by atoms with Crippen molar-refractivity contribution in [2.75, 3.05) is 0 Å². The number of nitrogens with one attached hydrogen (secondary N) is 1. The van der Waals surface area contributed by atoms with Crippen LogP contribution in [0, 0.1) is 12.8 Å². The molecule has 0 aliphatic carbocycles. The van der Waals surface area contributed by atoms with E-state index in [-0.39, 0.29) is 0 Å². The number of ketones is 1. The van der Waals surface area contributed by atoms with Crippen LogP contribution < -0.4 is 5.32 Å². The molecule has 92 valence electrons. The molecule has 0 amide bonds. The Balaban J connectivity index is 1.62. The van der Waals surface area contributed by atoms with Crippen molar-refractivity contribution in [3.63, 3.8) is 0 Å². The summed E-state index contributed by atoms with van der Waals surface area (Å²) in [5, 5.41) is 3.63. The standard InChI is InChI=1S/C14H19NOS/c1-9-2-5-14(17-9)13(16)8-10-6-11-3-4-12(7-10)15-11/h2,5,10-12,15H,3-4,6-8H2,1H3. The number of Topliss-reactive ketones (excluding diaryl/α,β-unsaturated/α-hetero) is 1. The van der Waals surface area contributed by atoms with Crippen LogP contribution in [0.3, 0.4) is 0 Å². The molecule has 2 aliphatic heterocycles. The summed E-state index contributed by atoms with van der Waals surface area (Å²) in [6.07, 6.45) is 5.79. The molecule has 1 N–H and O–H groups in total. The topological polar surface area (TPSA) is 29.1 Å². The van der Waals surface area contributed by atoms with Gasteiger partial charge < -0.3 is 5.32 Å². The van der Waals surface area contributed by atoms with Gasteiger partial charge in [0.2, 0.25) is 0 Å². The normalized spacial score (nSPS) is 31.7. The largest absolute Gasteiger partial charge is 0.311 e. The minimum atomic E-state index is 0.356. The van der Waals surface area contributed by atoms with E-state index >= 15 is 0 Å². The van der Waals surface area contributed by atoms with Gasteiger partial charge in [0.25, 0.3) is 0 Å². The van der Waals surface area contributed by atoms with E-state index in [4.69, 9.17) is 0 Å². The lowest BCUT2D eigenvalue weighted by atomic mass is 9.88. The predicted molar refractivity (Wildman–Crippen MR) is 70.7 cm³/mol. The summed E-state index contributed by atoms with van der Waals surface area (Å²) in [6, 6.07) is 5.41. The molecular weight excluding hydrogens is 230 g/mol. The fraction of sp³-hybridized carbons (Fsp3) is 0.643. The first-order chi connectivity index (χ1) is 8.20. The fourth-order valence-electron chi connectivity index (χ4n) is 3.29. The molecule has 0 radical (unpaired) electrons. The van der Waals surface area contributed by atoms with E-state index in [9.17, 15) is 4.79 Å². The number of aryl methyl sites for hydroxylation is 1. The van der Waals surface area contributed by atoms with E-state index in [0.29, 0.717) is 23.8 Å². The maximum atomic E-state index is 12.1. The van der Waals surface area contributed by atoms with E-state index < -0.39 is 0 Å². The first kappa shape index (κ1) is 11.4. The number of hydrogen-bond donors (Lipinski definition) is 1. The van der Waals surface area contributed by atoms with Crippen LogP contribution in [0.25, 0.3) is 0 Å². The van der Waals surface area contributed by atoms with Crippen LogP contribution in [0.1, 0.15) is 46.7 Å². The van der Waals surface area contributed by atoms with Gasteiger partial charge in [0.15, 0.2) is 5.78 Å². The zero-order valence-electron chi connectivity index (χ0n) is 10.2. The van der Waals surface area contributed by atoms with Gasteiger partial charge in [-0.2, -0.15) is 0 Å². The Morgan fingerprint density at radius 1 is 1.35 bits per heavy atom. The van der Waals surface area contributed by atoms with Crippen LogP contribution in [0.4, 0.5) is 0 Å². The van der Waals surface area contributed by atoms with Crippen molar-refractivity contribution < 1.29 is 4.79 Å². The molecule has 2 saturated heterocycles. The summed E-state index contributed by atoms with van der Waals surface area (Å²) in [7, 11) is 0. The Morgan fingerprint density at radius 3 is 2.65 bits per heavy atom. The van der Waals surface area contributed by atoms with E-state index in [1.807, 2.05) is 12.1 Å². The van der Waals surface area contributed by atoms with Crippen molar-refractivity contribution in [2.45, 2.75) is 51.1 Å². The van der Waals surface area contributed by atoms with Crippen LogP contribution in [0.2, 0.25) is 0 Å². The summed E-state index contributed by atoms with van der Waals surface area (Å²) >= 11 is 1.64. The van der Waals surface area contributed by atoms with Crippen molar-refractivity contribution in [3.05, 3.63) is 21.9 Å². The number of carbonyl (C=O) groups excluding carboxylic acids is 1. The zero-order valence-corrected chi connectivity index (χ0v) is 11.1. The summed E-state index contributed by atoms with van der Waals surface area (Å²) in [5.74, 6) is 0.970. The van der Waals surface area contributed by atoms with Crippen LogP contribution >= 0.6 is 11.3 Å². The number of fused-ring (bicyclic) bond motifs is 2. The Bertz CT molecular complexity index is 414. The highest BCUT2D eigenvalue weighted by atomic mass is 32.1. The third kappa shape index (κ3) is 2.45. The van der Waals surface area contributed by atoms with E-state index in [1.54, 1.807) is 11.3 Å². The second-order valence-electron chi connectivity index (χ2n) is 5.51. The second-order valence-corrected chi connectivity index (χ2v) is 6.80. The number of thiophene rings is 1. The smallest absolute Gasteiger partial charge is 0.173 e. The summed E-state index contributed by atoms with van der Waals surface area (Å²) in [4.78, 5) is 14.3. The molecule has 2 atom stereocenters. The highest BCUT2D eigenvalue weighted by molar-refractivity contribution is 7.14. The van der Waals surface area contributed by atoms with Crippen LogP contribution in [0.15, 0.2) is 12.1 Å². The lowest BCUT2D eigenvalue weighted by Gasteiger charge is -2.28. The molecule has 0 spiro atoms. The molecule has 0 aromatic carbocycles. The minimum absolute atomic E-state index is 0.356. The number of rotatable bonds is 3. The van der Waals surface area contributed by atoms with Gasteiger partial charge in [-0.05, 0) is 50.7 Å². The highest BCUT2D eigenvalue weighted by Crippen LogP contribution is 2.33. The van der Waals surface area contributed by atoms with Gasteiger partial charge in [-0.1, -0.05) is 0 Å². The fourth-order valence-corrected chi connectivity index (χ4v) is 4.11. The van der Waals surface area contributed by atoms with Crippen molar-refractivity contribution >= 4 is 17.1 Å². The van der Waals surface area contributed by atoms with E-state index in [2.05, 4.69) is 12.2 Å².